The predicted octanol–water partition coefficient (Wildman–Crippen LogP) is 1.61. The van der Waals surface area contributed by atoms with Crippen LogP contribution in [-0.4, -0.2) is 34.6 Å². The lowest BCUT2D eigenvalue weighted by atomic mass is 10.2. The van der Waals surface area contributed by atoms with Gasteiger partial charge in [0.15, 0.2) is 22.6 Å². The van der Waals surface area contributed by atoms with Crippen molar-refractivity contribution in [1.82, 2.24) is 34.6 Å². The molecule has 0 aliphatic heterocycles. The van der Waals surface area contributed by atoms with Crippen LogP contribution >= 0.6 is 0 Å². The van der Waals surface area contributed by atoms with Crippen LogP contribution in [0.3, 0.4) is 0 Å². The van der Waals surface area contributed by atoms with E-state index in [0.717, 1.165) is 4.52 Å². The smallest absolute Gasteiger partial charge is 0.372 e. The zero-order valence-electron chi connectivity index (χ0n) is 13.1. The molecule has 0 atom stereocenters. The highest BCUT2D eigenvalue weighted by Crippen LogP contribution is 2.19. The SMILES string of the molecule is O=c1nc2c(n[nH]n2Cc2ccccc2F)c2nc(-c3ccco3)nn12. The third-order valence-electron chi connectivity index (χ3n) is 3.98. The highest BCUT2D eigenvalue weighted by molar-refractivity contribution is 5.84. The molecule has 5 rings (SSSR count). The van der Waals surface area contributed by atoms with E-state index in [4.69, 9.17) is 4.42 Å². The number of aromatic nitrogens is 7. The molecule has 0 saturated heterocycles. The van der Waals surface area contributed by atoms with Crippen LogP contribution in [-0.2, 0) is 6.54 Å². The number of hydrogen-bond acceptors (Lipinski definition) is 6. The maximum Gasteiger partial charge on any atom is 0.372 e. The summed E-state index contributed by atoms with van der Waals surface area (Å²) in [6, 6.07) is 9.75. The average Bonchev–Trinajstić information content (AvgIpc) is 3.36. The van der Waals surface area contributed by atoms with E-state index < -0.39 is 5.69 Å². The summed E-state index contributed by atoms with van der Waals surface area (Å²) in [5, 5.41) is 11.0. The zero-order valence-corrected chi connectivity index (χ0v) is 13.1. The lowest BCUT2D eigenvalue weighted by Crippen LogP contribution is -2.18. The molecule has 0 aliphatic carbocycles. The van der Waals surface area contributed by atoms with Crippen molar-refractivity contribution < 1.29 is 8.81 Å². The van der Waals surface area contributed by atoms with Crippen molar-refractivity contribution in [3.05, 3.63) is 64.5 Å². The van der Waals surface area contributed by atoms with Gasteiger partial charge in [-0.05, 0) is 18.2 Å². The van der Waals surface area contributed by atoms with Gasteiger partial charge in [-0.15, -0.1) is 5.10 Å². The minimum Gasteiger partial charge on any atom is -0.461 e. The van der Waals surface area contributed by atoms with E-state index >= 15 is 0 Å². The maximum absolute atomic E-state index is 13.9. The normalized spacial score (nSPS) is 11.6. The van der Waals surface area contributed by atoms with E-state index in [2.05, 4.69) is 25.4 Å². The molecule has 0 unspecified atom stereocenters. The van der Waals surface area contributed by atoms with Crippen LogP contribution in [0.4, 0.5) is 4.39 Å². The largest absolute Gasteiger partial charge is 0.461 e. The Kier molecular flexibility index (Phi) is 2.98. The number of H-pyrrole nitrogens is 1. The van der Waals surface area contributed by atoms with E-state index in [-0.39, 0.29) is 29.5 Å². The Balaban J connectivity index is 1.69. The van der Waals surface area contributed by atoms with E-state index in [0.29, 0.717) is 16.8 Å². The number of nitrogens with zero attached hydrogens (tertiary/aromatic N) is 6. The molecule has 4 aromatic heterocycles. The first-order chi connectivity index (χ1) is 12.7. The van der Waals surface area contributed by atoms with Crippen LogP contribution in [0.5, 0.6) is 0 Å². The predicted molar refractivity (Wildman–Crippen MR) is 87.9 cm³/mol. The molecule has 9 nitrogen and oxygen atoms in total. The molecular formula is C16H10FN7O2. The third-order valence-corrected chi connectivity index (χ3v) is 3.98. The first-order valence-electron chi connectivity index (χ1n) is 7.70. The first-order valence-corrected chi connectivity index (χ1v) is 7.70. The van der Waals surface area contributed by atoms with Crippen LogP contribution in [0, 0.1) is 5.82 Å². The monoisotopic (exact) mass is 351 g/mol. The molecule has 0 fully saturated rings. The fourth-order valence-corrected chi connectivity index (χ4v) is 2.75. The molecule has 0 aliphatic rings. The van der Waals surface area contributed by atoms with Gasteiger partial charge in [-0.2, -0.15) is 14.6 Å². The fraction of sp³-hybridized carbons (Fsp3) is 0.0625. The summed E-state index contributed by atoms with van der Waals surface area (Å²) in [6.45, 7) is 0.144. The molecule has 128 valence electrons. The quantitative estimate of drug-likeness (QED) is 0.529. The molecule has 10 heteroatoms. The number of aromatic amines is 1. The van der Waals surface area contributed by atoms with Crippen molar-refractivity contribution in [2.75, 3.05) is 0 Å². The number of fused-ring (bicyclic) bond motifs is 3. The number of halogens is 1. The Hall–Kier alpha value is -3.82. The lowest BCUT2D eigenvalue weighted by Gasteiger charge is -2.04. The molecule has 0 radical (unpaired) electrons. The van der Waals surface area contributed by atoms with Crippen LogP contribution in [0.1, 0.15) is 5.56 Å². The summed E-state index contributed by atoms with van der Waals surface area (Å²) in [6.07, 6.45) is 1.49. The molecular weight excluding hydrogens is 341 g/mol. The minimum atomic E-state index is -0.610. The second-order valence-corrected chi connectivity index (χ2v) is 5.60. The Bertz CT molecular complexity index is 1300. The molecule has 0 bridgehead atoms. The maximum atomic E-state index is 13.9. The van der Waals surface area contributed by atoms with Crippen molar-refractivity contribution in [2.45, 2.75) is 6.54 Å². The van der Waals surface area contributed by atoms with Gasteiger partial charge in [-0.25, -0.2) is 24.1 Å². The van der Waals surface area contributed by atoms with E-state index in [1.54, 1.807) is 30.3 Å². The van der Waals surface area contributed by atoms with Gasteiger partial charge in [0, 0.05) is 5.56 Å². The number of furan rings is 1. The van der Waals surface area contributed by atoms with Crippen molar-refractivity contribution >= 4 is 16.8 Å². The Labute approximate surface area is 143 Å². The first kappa shape index (κ1) is 14.5. The van der Waals surface area contributed by atoms with Gasteiger partial charge in [0.05, 0.1) is 12.8 Å². The van der Waals surface area contributed by atoms with Crippen molar-refractivity contribution in [2.24, 2.45) is 0 Å². The van der Waals surface area contributed by atoms with E-state index in [9.17, 15) is 9.18 Å². The van der Waals surface area contributed by atoms with Gasteiger partial charge in [0.2, 0.25) is 5.82 Å². The van der Waals surface area contributed by atoms with Crippen molar-refractivity contribution in [1.29, 1.82) is 0 Å². The molecule has 0 spiro atoms. The average molecular weight is 351 g/mol. The third kappa shape index (κ3) is 2.12. The number of rotatable bonds is 3. The van der Waals surface area contributed by atoms with Crippen molar-refractivity contribution in [3.63, 3.8) is 0 Å². The molecule has 26 heavy (non-hydrogen) atoms. The molecule has 5 aromatic rings. The summed E-state index contributed by atoms with van der Waals surface area (Å²) >= 11 is 0. The Morgan fingerprint density at radius 3 is 2.81 bits per heavy atom. The van der Waals surface area contributed by atoms with Crippen LogP contribution in [0.25, 0.3) is 28.4 Å². The highest BCUT2D eigenvalue weighted by atomic mass is 19.1. The van der Waals surface area contributed by atoms with Crippen LogP contribution in [0.15, 0.2) is 51.9 Å². The fourth-order valence-electron chi connectivity index (χ4n) is 2.75. The molecule has 0 saturated carbocycles. The van der Waals surface area contributed by atoms with E-state index in [1.807, 2.05) is 0 Å². The molecule has 1 aromatic carbocycles. The van der Waals surface area contributed by atoms with Gasteiger partial charge >= 0.3 is 5.69 Å². The van der Waals surface area contributed by atoms with Gasteiger partial charge in [-0.1, -0.05) is 18.2 Å². The van der Waals surface area contributed by atoms with Gasteiger partial charge in [0.25, 0.3) is 0 Å². The van der Waals surface area contributed by atoms with Gasteiger partial charge < -0.3 is 4.42 Å². The number of benzene rings is 1. The summed E-state index contributed by atoms with van der Waals surface area (Å²) in [5.74, 6) is 0.329. The van der Waals surface area contributed by atoms with Crippen LogP contribution < -0.4 is 5.69 Å². The molecule has 4 heterocycles. The zero-order chi connectivity index (χ0) is 17.7. The molecule has 1 N–H and O–H groups in total. The summed E-state index contributed by atoms with van der Waals surface area (Å²) in [4.78, 5) is 20.7. The number of nitrogens with one attached hydrogen (secondary N) is 1. The lowest BCUT2D eigenvalue weighted by molar-refractivity contribution is 0.577. The second kappa shape index (κ2) is 5.34. The summed E-state index contributed by atoms with van der Waals surface area (Å²) in [7, 11) is 0. The van der Waals surface area contributed by atoms with Gasteiger partial charge in [-0.3, -0.25) is 0 Å². The van der Waals surface area contributed by atoms with Crippen molar-refractivity contribution in [3.8, 4) is 11.6 Å². The Morgan fingerprint density at radius 1 is 1.12 bits per heavy atom. The summed E-state index contributed by atoms with van der Waals surface area (Å²) < 4.78 is 21.7. The summed E-state index contributed by atoms with van der Waals surface area (Å²) in [5.41, 5.74) is 0.696. The standard InChI is InChI=1S/C16H10FN7O2/c17-10-5-2-1-4-9(10)8-23-14-12(20-22-23)15-18-13(11-6-3-7-26-11)21-24(15)16(25)19-14/h1-7,22H,8H2. The highest BCUT2D eigenvalue weighted by Gasteiger charge is 2.18. The minimum absolute atomic E-state index is 0.144. The van der Waals surface area contributed by atoms with Crippen LogP contribution in [0.2, 0.25) is 0 Å². The molecule has 0 amide bonds. The Morgan fingerprint density at radius 2 is 2.00 bits per heavy atom. The van der Waals surface area contributed by atoms with E-state index in [1.165, 1.54) is 17.0 Å². The topological polar surface area (TPSA) is 107 Å². The van der Waals surface area contributed by atoms with Gasteiger partial charge in [0.1, 0.15) is 5.82 Å². The second-order valence-electron chi connectivity index (χ2n) is 5.60. The number of hydrogen-bond donors (Lipinski definition) is 1.